The zero-order valence-electron chi connectivity index (χ0n) is 12.1. The summed E-state index contributed by atoms with van der Waals surface area (Å²) in [7, 11) is 0. The van der Waals surface area contributed by atoms with Crippen molar-refractivity contribution in [2.75, 3.05) is 0 Å². The van der Waals surface area contributed by atoms with Crippen molar-refractivity contribution in [2.24, 2.45) is 16.3 Å². The van der Waals surface area contributed by atoms with Crippen molar-refractivity contribution in [1.82, 2.24) is 10.4 Å². The average Bonchev–Trinajstić information content (AvgIpc) is 2.44. The largest absolute Gasteiger partial charge is 0.412 e. The molecule has 1 aromatic rings. The number of amides is 1. The Labute approximate surface area is 123 Å². The Bertz CT molecular complexity index is 581. The van der Waals surface area contributed by atoms with Crippen LogP contribution in [-0.4, -0.2) is 28.6 Å². The lowest BCUT2D eigenvalue weighted by Crippen LogP contribution is -2.40. The smallest absolute Gasteiger partial charge is 0.272 e. The predicted molar refractivity (Wildman–Crippen MR) is 82.8 cm³/mol. The zero-order chi connectivity index (χ0) is 14.6. The number of nitrogens with zero attached hydrogens (tertiary/aromatic N) is 2. The van der Waals surface area contributed by atoms with E-state index in [0.717, 1.165) is 5.57 Å². The van der Waals surface area contributed by atoms with Gasteiger partial charge in [0.1, 0.15) is 0 Å². The topological polar surface area (TPSA) is 112 Å². The highest BCUT2D eigenvalue weighted by Gasteiger charge is 2.28. The molecule has 0 saturated heterocycles. The molecule has 0 saturated carbocycles. The van der Waals surface area contributed by atoms with Gasteiger partial charge in [-0.25, -0.2) is 5.43 Å². The molecule has 1 amide bonds. The molecular weight excluding hydrogens is 268 g/mol. The van der Waals surface area contributed by atoms with Crippen LogP contribution in [0.25, 0.3) is 0 Å². The summed E-state index contributed by atoms with van der Waals surface area (Å²) in [5.74, 6) is -0.293. The molecule has 1 heterocycles. The molecule has 1 aromatic heterocycles. The maximum absolute atomic E-state index is 11.8. The molecule has 112 valence electrons. The van der Waals surface area contributed by atoms with E-state index in [-0.39, 0.29) is 17.4 Å². The van der Waals surface area contributed by atoms with Gasteiger partial charge < -0.3 is 11.2 Å². The maximum Gasteiger partial charge on any atom is 0.272 e. The lowest BCUT2D eigenvalue weighted by Gasteiger charge is -2.29. The number of allylic oxidation sites excluding steroid dienone is 2. The van der Waals surface area contributed by atoms with E-state index in [9.17, 15) is 4.79 Å². The monoisotopic (exact) mass is 288 g/mol. The lowest BCUT2D eigenvalue weighted by atomic mass is 9.79. The van der Waals surface area contributed by atoms with Crippen molar-refractivity contribution in [2.45, 2.75) is 19.9 Å². The van der Waals surface area contributed by atoms with E-state index in [2.05, 4.69) is 15.5 Å². The summed E-state index contributed by atoms with van der Waals surface area (Å²) >= 11 is 0. The van der Waals surface area contributed by atoms with E-state index in [1.807, 2.05) is 32.1 Å². The number of hydrazone groups is 1. The van der Waals surface area contributed by atoms with Gasteiger partial charge in [0, 0.05) is 30.1 Å². The molecule has 0 spiro atoms. The molecule has 5 N–H and O–H groups in total. The Morgan fingerprint density at radius 2 is 2.33 bits per heavy atom. The molecule has 0 radical (unpaired) electrons. The summed E-state index contributed by atoms with van der Waals surface area (Å²) in [6.45, 7) is 3.97. The minimum absolute atomic E-state index is 0. The standard InChI is InChI=1S/C15H18N4O.H2O/c1-11-5-6-15(2,13(16)8-11)10-18-19-14(20)12-4-3-7-17-9-12;/h3-10,13H,16H2,1-2H3,(H,19,20);1H2. The highest BCUT2D eigenvalue weighted by molar-refractivity contribution is 5.94. The van der Waals surface area contributed by atoms with Crippen LogP contribution in [0.5, 0.6) is 0 Å². The Hall–Kier alpha value is -2.31. The fourth-order valence-electron chi connectivity index (χ4n) is 1.86. The van der Waals surface area contributed by atoms with Crippen molar-refractivity contribution in [3.8, 4) is 0 Å². The third-order valence-electron chi connectivity index (χ3n) is 3.30. The van der Waals surface area contributed by atoms with E-state index in [0.29, 0.717) is 5.56 Å². The number of pyridine rings is 1. The van der Waals surface area contributed by atoms with Gasteiger partial charge in [-0.2, -0.15) is 5.10 Å². The summed E-state index contributed by atoms with van der Waals surface area (Å²) in [6, 6.07) is 3.22. The van der Waals surface area contributed by atoms with Crippen LogP contribution < -0.4 is 11.2 Å². The summed E-state index contributed by atoms with van der Waals surface area (Å²) in [4.78, 5) is 15.7. The van der Waals surface area contributed by atoms with Gasteiger partial charge in [-0.3, -0.25) is 9.78 Å². The fraction of sp³-hybridized carbons (Fsp3) is 0.267. The van der Waals surface area contributed by atoms with Gasteiger partial charge in [-0.05, 0) is 26.0 Å². The number of rotatable bonds is 3. The van der Waals surface area contributed by atoms with Crippen molar-refractivity contribution >= 4 is 12.1 Å². The molecule has 2 unspecified atom stereocenters. The van der Waals surface area contributed by atoms with Gasteiger partial charge in [0.15, 0.2) is 0 Å². The van der Waals surface area contributed by atoms with Crippen LogP contribution >= 0.6 is 0 Å². The van der Waals surface area contributed by atoms with Crippen molar-refractivity contribution in [3.63, 3.8) is 0 Å². The number of hydrogen-bond donors (Lipinski definition) is 2. The van der Waals surface area contributed by atoms with Crippen LogP contribution in [0.1, 0.15) is 24.2 Å². The molecule has 0 aromatic carbocycles. The first-order valence-electron chi connectivity index (χ1n) is 6.39. The molecule has 21 heavy (non-hydrogen) atoms. The lowest BCUT2D eigenvalue weighted by molar-refractivity contribution is 0.0954. The first kappa shape index (κ1) is 16.7. The fourth-order valence-corrected chi connectivity index (χ4v) is 1.86. The molecule has 2 atom stereocenters. The Kier molecular flexibility index (Phi) is 5.52. The first-order chi connectivity index (χ1) is 9.51. The van der Waals surface area contributed by atoms with Crippen molar-refractivity contribution < 1.29 is 10.3 Å². The van der Waals surface area contributed by atoms with Gasteiger partial charge in [-0.1, -0.05) is 23.8 Å². The number of carbonyl (C=O) groups is 1. The van der Waals surface area contributed by atoms with Crippen LogP contribution in [0.4, 0.5) is 0 Å². The van der Waals surface area contributed by atoms with E-state index >= 15 is 0 Å². The van der Waals surface area contributed by atoms with Gasteiger partial charge in [0.2, 0.25) is 0 Å². The Morgan fingerprint density at radius 1 is 1.57 bits per heavy atom. The molecule has 1 aliphatic carbocycles. The molecule has 2 rings (SSSR count). The van der Waals surface area contributed by atoms with Crippen LogP contribution in [0.3, 0.4) is 0 Å². The Morgan fingerprint density at radius 3 is 2.95 bits per heavy atom. The SMILES string of the molecule is CC1=CC(N)C(C)(C=NNC(=O)c2cccnc2)C=C1.O. The average molecular weight is 288 g/mol. The van der Waals surface area contributed by atoms with E-state index in [1.165, 1.54) is 6.20 Å². The highest BCUT2D eigenvalue weighted by atomic mass is 16.2. The van der Waals surface area contributed by atoms with Crippen molar-refractivity contribution in [1.29, 1.82) is 0 Å². The third kappa shape index (κ3) is 4.08. The first-order valence-corrected chi connectivity index (χ1v) is 6.39. The third-order valence-corrected chi connectivity index (χ3v) is 3.30. The van der Waals surface area contributed by atoms with Crippen LogP contribution in [0.2, 0.25) is 0 Å². The second-order valence-corrected chi connectivity index (χ2v) is 5.08. The number of nitrogens with two attached hydrogens (primary N) is 1. The van der Waals surface area contributed by atoms with Gasteiger partial charge >= 0.3 is 0 Å². The van der Waals surface area contributed by atoms with Crippen LogP contribution in [0.15, 0.2) is 53.4 Å². The zero-order valence-corrected chi connectivity index (χ0v) is 12.1. The number of nitrogens with one attached hydrogen (secondary N) is 1. The summed E-state index contributed by atoms with van der Waals surface area (Å²) < 4.78 is 0. The van der Waals surface area contributed by atoms with Gasteiger partial charge in [0.05, 0.1) is 5.56 Å². The predicted octanol–water partition coefficient (Wildman–Crippen LogP) is 0.822. The van der Waals surface area contributed by atoms with Gasteiger partial charge in [-0.15, -0.1) is 0 Å². The molecule has 1 aliphatic rings. The maximum atomic E-state index is 11.8. The second kappa shape index (κ2) is 6.92. The molecule has 0 aliphatic heterocycles. The number of hydrogen-bond acceptors (Lipinski definition) is 4. The van der Waals surface area contributed by atoms with Crippen molar-refractivity contribution in [3.05, 3.63) is 53.9 Å². The summed E-state index contributed by atoms with van der Waals surface area (Å²) in [6.07, 6.45) is 10.7. The molecule has 6 heteroatoms. The molecule has 0 fully saturated rings. The highest BCUT2D eigenvalue weighted by Crippen LogP contribution is 2.26. The Balaban J connectivity index is 0.00000220. The molecule has 0 bridgehead atoms. The normalized spacial score (nSPS) is 24.3. The minimum Gasteiger partial charge on any atom is -0.412 e. The summed E-state index contributed by atoms with van der Waals surface area (Å²) in [5.41, 5.74) is 9.77. The quantitative estimate of drug-likeness (QED) is 0.634. The number of aromatic nitrogens is 1. The minimum atomic E-state index is -0.401. The number of carbonyl (C=O) groups excluding carboxylic acids is 1. The van der Waals surface area contributed by atoms with Crippen LogP contribution in [0, 0.1) is 5.41 Å². The van der Waals surface area contributed by atoms with E-state index in [1.54, 1.807) is 24.5 Å². The molecule has 6 nitrogen and oxygen atoms in total. The van der Waals surface area contributed by atoms with E-state index in [4.69, 9.17) is 5.73 Å². The second-order valence-electron chi connectivity index (χ2n) is 5.08. The summed E-state index contributed by atoms with van der Waals surface area (Å²) in [5, 5.41) is 4.01. The van der Waals surface area contributed by atoms with Crippen LogP contribution in [-0.2, 0) is 0 Å². The molecular formula is C15H20N4O2. The van der Waals surface area contributed by atoms with E-state index < -0.39 is 5.41 Å². The van der Waals surface area contributed by atoms with Gasteiger partial charge in [0.25, 0.3) is 5.91 Å².